The van der Waals surface area contributed by atoms with E-state index in [9.17, 15) is 9.18 Å². The number of H-pyrrole nitrogens is 1. The zero-order valence-electron chi connectivity index (χ0n) is 19.1. The molecule has 3 atom stereocenters. The maximum absolute atomic E-state index is 14.3. The molecule has 0 radical (unpaired) electrons. The summed E-state index contributed by atoms with van der Waals surface area (Å²) in [6.07, 6.45) is 10.2. The second-order valence-corrected chi connectivity index (χ2v) is 8.61. The molecule has 3 unspecified atom stereocenters. The highest BCUT2D eigenvalue weighted by Gasteiger charge is 2.27. The van der Waals surface area contributed by atoms with Gasteiger partial charge in [-0.25, -0.2) is 14.2 Å². The molecule has 0 bridgehead atoms. The van der Waals surface area contributed by atoms with E-state index in [1.807, 2.05) is 26.0 Å². The SMILES string of the molecule is C=CC(Cc1cnc(-c2ccc(N(C(=O)NC=NC)/C(=C/CC)CC)cn2)[nH]1)C(C)(F)P. The number of carbonyl (C=O) groups is 1. The van der Waals surface area contributed by atoms with Gasteiger partial charge in [0.1, 0.15) is 11.1 Å². The lowest BCUT2D eigenvalue weighted by atomic mass is 9.99. The molecule has 172 valence electrons. The van der Waals surface area contributed by atoms with Crippen LogP contribution in [-0.4, -0.2) is 39.8 Å². The van der Waals surface area contributed by atoms with Crippen molar-refractivity contribution in [3.63, 3.8) is 0 Å². The molecule has 0 aliphatic carbocycles. The number of pyridine rings is 1. The summed E-state index contributed by atoms with van der Waals surface area (Å²) < 4.78 is 14.3. The number of aromatic amines is 1. The lowest BCUT2D eigenvalue weighted by Gasteiger charge is -2.24. The molecule has 0 saturated carbocycles. The van der Waals surface area contributed by atoms with Crippen LogP contribution in [0, 0.1) is 5.92 Å². The number of imidazole rings is 1. The van der Waals surface area contributed by atoms with Gasteiger partial charge in [0.15, 0.2) is 5.82 Å². The summed E-state index contributed by atoms with van der Waals surface area (Å²) in [5, 5.41) is 1.20. The van der Waals surface area contributed by atoms with E-state index in [0.717, 1.165) is 17.8 Å². The number of amides is 2. The smallest absolute Gasteiger partial charge is 0.331 e. The Kier molecular flexibility index (Phi) is 9.27. The number of hydrogen-bond acceptors (Lipinski definition) is 4. The molecule has 0 spiro atoms. The Morgan fingerprint density at radius 1 is 1.41 bits per heavy atom. The minimum absolute atomic E-state index is 0.311. The van der Waals surface area contributed by atoms with Gasteiger partial charge in [-0.2, -0.15) is 0 Å². The van der Waals surface area contributed by atoms with Crippen molar-refractivity contribution >= 4 is 27.3 Å². The highest BCUT2D eigenvalue weighted by Crippen LogP contribution is 2.32. The fourth-order valence-corrected chi connectivity index (χ4v) is 3.48. The maximum Gasteiger partial charge on any atom is 0.331 e. The second kappa shape index (κ2) is 11.7. The number of aliphatic imine (C=N–C) groups is 1. The Morgan fingerprint density at radius 3 is 2.69 bits per heavy atom. The minimum Gasteiger partial charge on any atom is -0.341 e. The van der Waals surface area contributed by atoms with E-state index in [1.165, 1.54) is 13.3 Å². The number of alkyl halides is 1. The van der Waals surface area contributed by atoms with Crippen LogP contribution in [0.3, 0.4) is 0 Å². The molecule has 32 heavy (non-hydrogen) atoms. The fourth-order valence-electron chi connectivity index (χ4n) is 3.23. The van der Waals surface area contributed by atoms with E-state index in [2.05, 4.69) is 41.1 Å². The first kappa shape index (κ1) is 25.4. The van der Waals surface area contributed by atoms with Crippen molar-refractivity contribution in [2.45, 2.75) is 45.4 Å². The Labute approximate surface area is 191 Å². The predicted molar refractivity (Wildman–Crippen MR) is 133 cm³/mol. The Bertz CT molecular complexity index is 962. The van der Waals surface area contributed by atoms with Crippen LogP contribution in [0.5, 0.6) is 0 Å². The van der Waals surface area contributed by atoms with Crippen LogP contribution >= 0.6 is 9.24 Å². The number of halogens is 1. The van der Waals surface area contributed by atoms with Gasteiger partial charge >= 0.3 is 6.03 Å². The van der Waals surface area contributed by atoms with Crippen molar-refractivity contribution in [2.75, 3.05) is 11.9 Å². The van der Waals surface area contributed by atoms with Crippen molar-refractivity contribution in [1.29, 1.82) is 0 Å². The topological polar surface area (TPSA) is 86.3 Å². The number of carbonyl (C=O) groups excluding carboxylic acids is 1. The monoisotopic (exact) mass is 458 g/mol. The molecule has 2 heterocycles. The first-order chi connectivity index (χ1) is 15.2. The van der Waals surface area contributed by atoms with Gasteiger partial charge in [0, 0.05) is 30.6 Å². The maximum atomic E-state index is 14.3. The number of allylic oxidation sites excluding steroid dienone is 3. The molecule has 2 aromatic heterocycles. The molecule has 0 aromatic carbocycles. The quantitative estimate of drug-likeness (QED) is 0.221. The summed E-state index contributed by atoms with van der Waals surface area (Å²) >= 11 is 0. The van der Waals surface area contributed by atoms with Gasteiger partial charge in [-0.05, 0) is 38.3 Å². The Morgan fingerprint density at radius 2 is 2.16 bits per heavy atom. The van der Waals surface area contributed by atoms with Crippen molar-refractivity contribution in [3.05, 3.63) is 54.6 Å². The average molecular weight is 459 g/mol. The van der Waals surface area contributed by atoms with Crippen molar-refractivity contribution in [2.24, 2.45) is 10.9 Å². The average Bonchev–Trinajstić information content (AvgIpc) is 3.24. The summed E-state index contributed by atoms with van der Waals surface area (Å²) in [4.78, 5) is 30.2. The first-order valence-corrected chi connectivity index (χ1v) is 11.1. The third kappa shape index (κ3) is 6.57. The van der Waals surface area contributed by atoms with Crippen molar-refractivity contribution < 1.29 is 9.18 Å². The van der Waals surface area contributed by atoms with E-state index in [1.54, 1.807) is 36.5 Å². The third-order valence-electron chi connectivity index (χ3n) is 4.94. The van der Waals surface area contributed by atoms with E-state index in [-0.39, 0.29) is 11.9 Å². The van der Waals surface area contributed by atoms with Crippen LogP contribution in [0.2, 0.25) is 0 Å². The summed E-state index contributed by atoms with van der Waals surface area (Å²) in [6.45, 7) is 9.26. The molecule has 2 rings (SSSR count). The number of anilines is 1. The number of aromatic nitrogens is 3. The van der Waals surface area contributed by atoms with Crippen molar-refractivity contribution in [3.8, 4) is 11.5 Å². The van der Waals surface area contributed by atoms with Crippen molar-refractivity contribution in [1.82, 2.24) is 20.3 Å². The summed E-state index contributed by atoms with van der Waals surface area (Å²) in [5.74, 6) is 0.209. The van der Waals surface area contributed by atoms with Crippen LogP contribution in [0.1, 0.15) is 39.3 Å². The number of rotatable bonds is 10. The van der Waals surface area contributed by atoms with Gasteiger partial charge in [0.05, 0.1) is 18.2 Å². The van der Waals surface area contributed by atoms with E-state index < -0.39 is 5.41 Å². The fraction of sp³-hybridized carbons (Fsp3) is 0.391. The third-order valence-corrected chi connectivity index (χ3v) is 5.36. The minimum atomic E-state index is -1.46. The van der Waals surface area contributed by atoms with Crippen LogP contribution in [-0.2, 0) is 6.42 Å². The zero-order valence-corrected chi connectivity index (χ0v) is 20.3. The molecular formula is C23H32FN6OP. The number of nitrogens with zero attached hydrogens (tertiary/aromatic N) is 4. The largest absolute Gasteiger partial charge is 0.341 e. The predicted octanol–water partition coefficient (Wildman–Crippen LogP) is 5.26. The molecule has 0 aliphatic heterocycles. The van der Waals surface area contributed by atoms with E-state index >= 15 is 0 Å². The van der Waals surface area contributed by atoms with Gasteiger partial charge in [-0.15, -0.1) is 6.58 Å². The van der Waals surface area contributed by atoms with E-state index in [0.29, 0.717) is 30.0 Å². The standard InChI is InChI=1S/C23H32FN6OP/c1-6-9-18(8-3)30(22(31)28-15-25-5)19-10-11-20(26-14-19)21-27-13-17(29-21)12-16(7-2)23(4,24)32/h7,9-11,13-16H,2,6,8,12,32H2,1,3-5H3,(H,27,29)(H,25,28,31)/b18-9+. The van der Waals surface area contributed by atoms with Crippen LogP contribution in [0.25, 0.3) is 11.5 Å². The molecule has 2 N–H and O–H groups in total. The number of nitrogens with one attached hydrogen (secondary N) is 2. The van der Waals surface area contributed by atoms with E-state index in [4.69, 9.17) is 0 Å². The molecule has 2 amide bonds. The molecular weight excluding hydrogens is 426 g/mol. The van der Waals surface area contributed by atoms with Crippen LogP contribution in [0.4, 0.5) is 14.9 Å². The van der Waals surface area contributed by atoms with Gasteiger partial charge in [-0.3, -0.25) is 20.2 Å². The molecule has 9 heteroatoms. The van der Waals surface area contributed by atoms with Gasteiger partial charge in [-0.1, -0.05) is 35.2 Å². The lowest BCUT2D eigenvalue weighted by molar-refractivity contribution is 0.241. The number of urea groups is 1. The molecule has 7 nitrogen and oxygen atoms in total. The van der Waals surface area contributed by atoms with Gasteiger partial charge < -0.3 is 4.98 Å². The molecule has 0 saturated heterocycles. The zero-order chi connectivity index (χ0) is 23.7. The summed E-state index contributed by atoms with van der Waals surface area (Å²) in [7, 11) is 3.81. The first-order valence-electron chi connectivity index (χ1n) is 10.6. The Hall–Kier alpha value is -2.86. The summed E-state index contributed by atoms with van der Waals surface area (Å²) in [5.41, 5.74) is 2.91. The van der Waals surface area contributed by atoms with Crippen LogP contribution in [0.15, 0.2) is 53.9 Å². The van der Waals surface area contributed by atoms with Crippen LogP contribution < -0.4 is 10.2 Å². The molecule has 2 aromatic rings. The second-order valence-electron chi connectivity index (χ2n) is 7.49. The van der Waals surface area contributed by atoms with Gasteiger partial charge in [0.2, 0.25) is 0 Å². The molecule has 0 aliphatic rings. The lowest BCUT2D eigenvalue weighted by Crippen LogP contribution is -2.39. The highest BCUT2D eigenvalue weighted by atomic mass is 31.0. The number of hydrogen-bond donors (Lipinski definition) is 2. The highest BCUT2D eigenvalue weighted by molar-refractivity contribution is 7.18. The normalized spacial score (nSPS) is 14.8. The molecule has 0 fully saturated rings. The summed E-state index contributed by atoms with van der Waals surface area (Å²) in [6, 6.07) is 3.31. The van der Waals surface area contributed by atoms with Gasteiger partial charge in [0.25, 0.3) is 0 Å². The Balaban J connectivity index is 2.29.